The molecule has 4 fully saturated rings. The quantitative estimate of drug-likeness (QED) is 0.0460. The van der Waals surface area contributed by atoms with Gasteiger partial charge in [0, 0.05) is 79.6 Å². The molecule has 2 aliphatic heterocycles. The molecule has 2 aromatic heterocycles. The van der Waals surface area contributed by atoms with Crippen LogP contribution in [0.4, 0.5) is 16.4 Å². The predicted molar refractivity (Wildman–Crippen MR) is 350 cm³/mol. The molecule has 0 unspecified atom stereocenters. The van der Waals surface area contributed by atoms with Gasteiger partial charge in [-0.1, -0.05) is 95.8 Å². The number of likely N-dealkylation sites (N-methyl/N-ethyl adjacent to an activating group) is 4. The number of esters is 5. The first kappa shape index (κ1) is 74.5. The van der Waals surface area contributed by atoms with Crippen molar-refractivity contribution in [2.24, 2.45) is 23.7 Å². The van der Waals surface area contributed by atoms with Crippen molar-refractivity contribution in [1.29, 1.82) is 0 Å². The van der Waals surface area contributed by atoms with Gasteiger partial charge < -0.3 is 62.4 Å². The van der Waals surface area contributed by atoms with Gasteiger partial charge in [0.1, 0.15) is 48.0 Å². The molecule has 25 nitrogen and oxygen atoms in total. The standard InChI is InChI=1S/C70H100N8O17/c1-44(2)35-53(74(11)63(81)58(40-52-24-26-60(72-42-52)78-29-33-89-34-30-78)94-68(86)56(38-49-21-22-49)76(13)69(87)95-70(7,8)9)65(83)91-46(5)61(79)73(10)55(37-48-19-20-48)67(85)93-57(39-51-23-25-59(71-41-51)77-27-31-88-32-28-77)62(80)75(12)54(36-45(3)4)66(84)92-47(6)64(82)90-43-50-17-15-14-16-18-50/h14-18,23-26,41-42,44-49,53-58H,19-22,27-40,43H2,1-13H3/t46-,47-,53+,54+,55+,56+,57-,58-/m1/s1. The molecule has 3 aromatic rings. The van der Waals surface area contributed by atoms with Crippen LogP contribution in [0.15, 0.2) is 67.0 Å². The Labute approximate surface area is 559 Å². The van der Waals surface area contributed by atoms with E-state index in [-0.39, 0.29) is 68.8 Å². The number of hydrogen-bond donors (Lipinski definition) is 0. The van der Waals surface area contributed by atoms with E-state index in [0.29, 0.717) is 75.4 Å². The molecule has 4 aliphatic rings. The van der Waals surface area contributed by atoms with E-state index in [4.69, 9.17) is 37.9 Å². The SMILES string of the molecule is CC(C)C[C@@H](C(=O)O[C@H](C)C(=O)N(C)[C@@H](CC1CC1)C(=O)O[C@H](Cc1ccc(N2CCOCC2)nc1)C(=O)N(C)[C@@H](CC(C)C)C(=O)O[C@H](C)C(=O)OCc1ccccc1)N(C)C(=O)[C@@H](Cc1ccc(N2CCOCC2)nc1)OC(=O)[C@H](CC1CC1)N(C)C(=O)OC(C)(C)C. The average Bonchev–Trinajstić information content (AvgIpc) is 1.62. The highest BCUT2D eigenvalue weighted by molar-refractivity contribution is 5.93. The van der Waals surface area contributed by atoms with Crippen LogP contribution in [0.5, 0.6) is 0 Å². The minimum absolute atomic E-state index is 0.0123. The number of nitrogens with zero attached hydrogens (tertiary/aromatic N) is 8. The predicted octanol–water partition coefficient (Wildman–Crippen LogP) is 6.77. The van der Waals surface area contributed by atoms with Gasteiger partial charge >= 0.3 is 35.9 Å². The molecule has 7 rings (SSSR count). The van der Waals surface area contributed by atoms with Crippen molar-refractivity contribution in [3.8, 4) is 0 Å². The summed E-state index contributed by atoms with van der Waals surface area (Å²) >= 11 is 0. The summed E-state index contributed by atoms with van der Waals surface area (Å²) in [6, 6.07) is 11.2. The molecule has 2 saturated carbocycles. The third-order valence-electron chi connectivity index (χ3n) is 17.3. The summed E-state index contributed by atoms with van der Waals surface area (Å²) in [5.41, 5.74) is 0.929. The Bertz CT molecular complexity index is 3050. The Morgan fingerprint density at radius 2 is 0.895 bits per heavy atom. The second-order valence-corrected chi connectivity index (χ2v) is 27.4. The van der Waals surface area contributed by atoms with E-state index in [1.165, 1.54) is 46.9 Å². The fourth-order valence-corrected chi connectivity index (χ4v) is 11.3. The summed E-state index contributed by atoms with van der Waals surface area (Å²) in [5.74, 6) is -5.53. The molecule has 1 aromatic carbocycles. The van der Waals surface area contributed by atoms with E-state index in [1.807, 2.05) is 39.8 Å². The van der Waals surface area contributed by atoms with Gasteiger partial charge in [0.15, 0.2) is 24.4 Å². The molecule has 0 radical (unpaired) electrons. The zero-order valence-corrected chi connectivity index (χ0v) is 57.7. The lowest BCUT2D eigenvalue weighted by atomic mass is 10.0. The largest absolute Gasteiger partial charge is 0.458 e. The van der Waals surface area contributed by atoms with Crippen LogP contribution < -0.4 is 9.80 Å². The normalized spacial score (nSPS) is 17.5. The van der Waals surface area contributed by atoms with Crippen LogP contribution in [-0.2, 0) is 95.7 Å². The summed E-state index contributed by atoms with van der Waals surface area (Å²) < 4.78 is 46.2. The number of pyridine rings is 2. The van der Waals surface area contributed by atoms with Gasteiger partial charge in [-0.3, -0.25) is 19.3 Å². The lowest BCUT2D eigenvalue weighted by Gasteiger charge is -2.34. The first-order valence-electron chi connectivity index (χ1n) is 33.4. The molecule has 0 spiro atoms. The van der Waals surface area contributed by atoms with E-state index in [0.717, 1.165) is 45.9 Å². The third-order valence-corrected chi connectivity index (χ3v) is 17.3. The maximum Gasteiger partial charge on any atom is 0.410 e. The Hall–Kier alpha value is -7.93. The van der Waals surface area contributed by atoms with Gasteiger partial charge in [-0.15, -0.1) is 0 Å². The molecule has 0 N–H and O–H groups in total. The molecule has 25 heteroatoms. The molecule has 2 aliphatic carbocycles. The monoisotopic (exact) mass is 1320 g/mol. The van der Waals surface area contributed by atoms with Crippen LogP contribution in [0.25, 0.3) is 0 Å². The average molecular weight is 1330 g/mol. The summed E-state index contributed by atoms with van der Waals surface area (Å²) in [4.78, 5) is 148. The van der Waals surface area contributed by atoms with Gasteiger partial charge in [0.05, 0.1) is 26.4 Å². The highest BCUT2D eigenvalue weighted by Crippen LogP contribution is 2.37. The molecule has 8 atom stereocenters. The maximum atomic E-state index is 15.1. The molecule has 0 bridgehead atoms. The topological polar surface area (TPSA) is 273 Å². The minimum atomic E-state index is -1.58. The summed E-state index contributed by atoms with van der Waals surface area (Å²) in [6.07, 6.45) is -0.0840. The van der Waals surface area contributed by atoms with E-state index in [1.54, 1.807) is 75.6 Å². The first-order valence-corrected chi connectivity index (χ1v) is 33.4. The van der Waals surface area contributed by atoms with Crippen molar-refractivity contribution in [3.63, 3.8) is 0 Å². The molecule has 522 valence electrons. The second-order valence-electron chi connectivity index (χ2n) is 27.4. The number of hydrogen-bond acceptors (Lipinski definition) is 21. The molecule has 2 saturated heterocycles. The molecular weight excluding hydrogens is 1220 g/mol. The summed E-state index contributed by atoms with van der Waals surface area (Å²) in [7, 11) is 5.64. The summed E-state index contributed by atoms with van der Waals surface area (Å²) in [5, 5.41) is 0. The number of benzene rings is 1. The smallest absolute Gasteiger partial charge is 0.410 e. The zero-order chi connectivity index (χ0) is 69.3. The van der Waals surface area contributed by atoms with Crippen molar-refractivity contribution >= 4 is 65.3 Å². The van der Waals surface area contributed by atoms with Gasteiger partial charge in [-0.25, -0.2) is 38.7 Å². The van der Waals surface area contributed by atoms with Gasteiger partial charge in [-0.2, -0.15) is 0 Å². The van der Waals surface area contributed by atoms with Crippen LogP contribution in [0.1, 0.15) is 130 Å². The van der Waals surface area contributed by atoms with E-state index in [2.05, 4.69) is 19.8 Å². The molecule has 95 heavy (non-hydrogen) atoms. The lowest BCUT2D eigenvalue weighted by molar-refractivity contribution is -0.175. The van der Waals surface area contributed by atoms with Gasteiger partial charge in [0.2, 0.25) is 0 Å². The lowest BCUT2D eigenvalue weighted by Crippen LogP contribution is -2.53. The number of rotatable bonds is 32. The molecule has 4 heterocycles. The number of aromatic nitrogens is 2. The number of ether oxygens (including phenoxy) is 8. The number of anilines is 2. The van der Waals surface area contributed by atoms with Crippen LogP contribution in [0, 0.1) is 23.7 Å². The third kappa shape index (κ3) is 22.6. The maximum absolute atomic E-state index is 15.1. The molecular formula is C70H100N8O17. The fourth-order valence-electron chi connectivity index (χ4n) is 11.3. The van der Waals surface area contributed by atoms with Crippen LogP contribution in [0.2, 0.25) is 0 Å². The van der Waals surface area contributed by atoms with E-state index in [9.17, 15) is 33.6 Å². The van der Waals surface area contributed by atoms with Crippen molar-refractivity contribution in [3.05, 3.63) is 83.7 Å². The van der Waals surface area contributed by atoms with E-state index >= 15 is 9.59 Å². The Balaban J connectivity index is 1.10. The minimum Gasteiger partial charge on any atom is -0.458 e. The Morgan fingerprint density at radius 3 is 1.28 bits per heavy atom. The Kier molecular flexibility index (Phi) is 27.2. The number of carbonyl (C=O) groups excluding carboxylic acids is 9. The number of morpholine rings is 2. The highest BCUT2D eigenvalue weighted by atomic mass is 16.6. The molecule has 4 amide bonds. The van der Waals surface area contributed by atoms with Gasteiger partial charge in [0.25, 0.3) is 17.7 Å². The Morgan fingerprint density at radius 1 is 0.495 bits per heavy atom. The van der Waals surface area contributed by atoms with Crippen molar-refractivity contribution in [2.45, 2.75) is 187 Å². The number of amides is 4. The zero-order valence-electron chi connectivity index (χ0n) is 57.7. The fraction of sp³-hybridized carbons (Fsp3) is 0.643. The van der Waals surface area contributed by atoms with Crippen LogP contribution >= 0.6 is 0 Å². The van der Waals surface area contributed by atoms with Crippen molar-refractivity contribution in [1.82, 2.24) is 29.6 Å². The van der Waals surface area contributed by atoms with Gasteiger partial charge in [-0.05, 0) is 113 Å². The van der Waals surface area contributed by atoms with E-state index < -0.39 is 108 Å². The van der Waals surface area contributed by atoms with Crippen LogP contribution in [-0.4, -0.2) is 218 Å². The first-order chi connectivity index (χ1) is 45.1. The highest BCUT2D eigenvalue weighted by Gasteiger charge is 2.44. The van der Waals surface area contributed by atoms with Crippen molar-refractivity contribution in [2.75, 3.05) is 90.6 Å². The number of carbonyl (C=O) groups is 9. The van der Waals surface area contributed by atoms with Crippen molar-refractivity contribution < 1.29 is 81.0 Å². The second kappa shape index (κ2) is 34.7. The van der Waals surface area contributed by atoms with Crippen LogP contribution in [0.3, 0.4) is 0 Å². The summed E-state index contributed by atoms with van der Waals surface area (Å²) in [6.45, 7) is 19.9.